The third kappa shape index (κ3) is 8.34. The zero-order chi connectivity index (χ0) is 10.8. The van der Waals surface area contributed by atoms with E-state index < -0.39 is 0 Å². The van der Waals surface area contributed by atoms with Crippen LogP contribution in [0.4, 0.5) is 0 Å². The highest BCUT2D eigenvalue weighted by Crippen LogP contribution is 1.89. The van der Waals surface area contributed by atoms with Crippen LogP contribution in [0.5, 0.6) is 0 Å². The van der Waals surface area contributed by atoms with Crippen molar-refractivity contribution in [3.63, 3.8) is 0 Å². The topological polar surface area (TPSA) is 50.4 Å². The van der Waals surface area contributed by atoms with Crippen LogP contribution in [0.3, 0.4) is 0 Å². The molecule has 0 heterocycles. The average Bonchev–Trinajstić information content (AvgIpc) is 2.16. The molecule has 0 bridgehead atoms. The average molecular weight is 220 g/mol. The summed E-state index contributed by atoms with van der Waals surface area (Å²) in [5.74, 6) is 0.129. The van der Waals surface area contributed by atoms with E-state index in [1.54, 1.807) is 11.9 Å². The number of nitrogens with one attached hydrogen (secondary N) is 2. The molecule has 0 aliphatic heterocycles. The molecule has 0 saturated heterocycles. The van der Waals surface area contributed by atoms with Crippen LogP contribution in [0.25, 0.3) is 0 Å². The van der Waals surface area contributed by atoms with E-state index in [0.29, 0.717) is 19.8 Å². The summed E-state index contributed by atoms with van der Waals surface area (Å²) in [5, 5.41) is 2.78. The summed E-state index contributed by atoms with van der Waals surface area (Å²) in [4.78, 5) is 11.1. The van der Waals surface area contributed by atoms with Gasteiger partial charge in [-0.05, 0) is 6.26 Å². The van der Waals surface area contributed by atoms with E-state index in [1.807, 2.05) is 20.1 Å². The summed E-state index contributed by atoms with van der Waals surface area (Å²) >= 11 is 1.57. The monoisotopic (exact) mass is 220 g/mol. The van der Waals surface area contributed by atoms with Gasteiger partial charge in [-0.15, -0.1) is 0 Å². The Labute approximate surface area is 90.3 Å². The van der Waals surface area contributed by atoms with Gasteiger partial charge < -0.3 is 10.1 Å². The maximum Gasteiger partial charge on any atom is 0.222 e. The number of rotatable bonds is 8. The van der Waals surface area contributed by atoms with Crippen molar-refractivity contribution in [2.75, 3.05) is 32.6 Å². The van der Waals surface area contributed by atoms with Crippen LogP contribution >= 0.6 is 11.9 Å². The highest BCUT2D eigenvalue weighted by molar-refractivity contribution is 7.96. The molecule has 0 saturated carbocycles. The first-order chi connectivity index (χ1) is 6.68. The Bertz CT molecular complexity index is 154. The van der Waals surface area contributed by atoms with Gasteiger partial charge in [-0.25, -0.2) is 0 Å². The van der Waals surface area contributed by atoms with Crippen molar-refractivity contribution in [2.45, 2.75) is 13.8 Å². The Balaban J connectivity index is 3.10. The first-order valence-corrected chi connectivity index (χ1v) is 6.02. The lowest BCUT2D eigenvalue weighted by Gasteiger charge is -2.08. The minimum atomic E-state index is 0.0492. The Morgan fingerprint density at radius 2 is 2.00 bits per heavy atom. The van der Waals surface area contributed by atoms with Crippen molar-refractivity contribution in [3.05, 3.63) is 0 Å². The van der Waals surface area contributed by atoms with Crippen molar-refractivity contribution in [3.8, 4) is 0 Å². The van der Waals surface area contributed by atoms with E-state index in [0.717, 1.165) is 6.54 Å². The zero-order valence-corrected chi connectivity index (χ0v) is 9.95. The maximum absolute atomic E-state index is 11.1. The van der Waals surface area contributed by atoms with Gasteiger partial charge in [0.05, 0.1) is 13.2 Å². The number of amides is 1. The number of carbonyl (C=O) groups excluding carboxylic acids is 1. The van der Waals surface area contributed by atoms with Gasteiger partial charge in [-0.1, -0.05) is 25.8 Å². The van der Waals surface area contributed by atoms with Crippen LogP contribution in [-0.2, 0) is 9.53 Å². The highest BCUT2D eigenvalue weighted by Gasteiger charge is 2.04. The van der Waals surface area contributed by atoms with E-state index in [2.05, 4.69) is 10.0 Å². The lowest BCUT2D eigenvalue weighted by molar-refractivity contribution is -0.124. The summed E-state index contributed by atoms with van der Waals surface area (Å²) in [6.07, 6.45) is 1.98. The molecule has 0 aromatic heterocycles. The fourth-order valence-electron chi connectivity index (χ4n) is 0.768. The summed E-state index contributed by atoms with van der Waals surface area (Å²) in [7, 11) is 0. The molecule has 0 radical (unpaired) electrons. The second-order valence-electron chi connectivity index (χ2n) is 3.16. The van der Waals surface area contributed by atoms with Crippen LogP contribution in [0.15, 0.2) is 0 Å². The van der Waals surface area contributed by atoms with Gasteiger partial charge in [0, 0.05) is 19.0 Å². The van der Waals surface area contributed by atoms with Gasteiger partial charge in [0.2, 0.25) is 5.91 Å². The van der Waals surface area contributed by atoms with E-state index in [1.165, 1.54) is 0 Å². The summed E-state index contributed by atoms with van der Waals surface area (Å²) in [5.41, 5.74) is 0. The molecule has 0 aliphatic rings. The van der Waals surface area contributed by atoms with E-state index in [9.17, 15) is 4.79 Å². The summed E-state index contributed by atoms with van der Waals surface area (Å²) in [6.45, 7) is 6.43. The van der Waals surface area contributed by atoms with Crippen LogP contribution < -0.4 is 10.0 Å². The molecule has 0 aromatic rings. The molecular formula is C9H20N2O2S. The van der Waals surface area contributed by atoms with Gasteiger partial charge >= 0.3 is 0 Å². The van der Waals surface area contributed by atoms with Gasteiger partial charge in [0.1, 0.15) is 0 Å². The SMILES string of the molecule is CSNCCOCCNC(=O)C(C)C. The second-order valence-corrected chi connectivity index (χ2v) is 3.85. The Kier molecular flexibility index (Phi) is 9.13. The van der Waals surface area contributed by atoms with Gasteiger partial charge in [0.25, 0.3) is 0 Å². The third-order valence-corrected chi connectivity index (χ3v) is 2.06. The maximum atomic E-state index is 11.1. The molecule has 0 rings (SSSR count). The van der Waals surface area contributed by atoms with Crippen molar-refractivity contribution < 1.29 is 9.53 Å². The predicted octanol–water partition coefficient (Wildman–Crippen LogP) is 0.643. The largest absolute Gasteiger partial charge is 0.378 e. The minimum absolute atomic E-state index is 0.0492. The van der Waals surface area contributed by atoms with Crippen molar-refractivity contribution in [2.24, 2.45) is 5.92 Å². The van der Waals surface area contributed by atoms with Crippen LogP contribution in [0, 0.1) is 5.92 Å². The number of carbonyl (C=O) groups is 1. The van der Waals surface area contributed by atoms with Crippen LogP contribution in [-0.4, -0.2) is 38.5 Å². The van der Waals surface area contributed by atoms with Crippen molar-refractivity contribution >= 4 is 17.9 Å². The quantitative estimate of drug-likeness (QED) is 0.466. The molecule has 0 unspecified atom stereocenters. The molecule has 84 valence electrons. The molecule has 0 aromatic carbocycles. The summed E-state index contributed by atoms with van der Waals surface area (Å²) < 4.78 is 8.35. The second kappa shape index (κ2) is 9.30. The third-order valence-electron chi connectivity index (χ3n) is 1.56. The van der Waals surface area contributed by atoms with Crippen molar-refractivity contribution in [1.82, 2.24) is 10.0 Å². The van der Waals surface area contributed by atoms with Gasteiger partial charge in [-0.3, -0.25) is 9.52 Å². The van der Waals surface area contributed by atoms with E-state index in [4.69, 9.17) is 4.74 Å². The summed E-state index contributed by atoms with van der Waals surface area (Å²) in [6, 6.07) is 0. The lowest BCUT2D eigenvalue weighted by Crippen LogP contribution is -2.31. The number of hydrogen-bond donors (Lipinski definition) is 2. The molecule has 2 N–H and O–H groups in total. The Morgan fingerprint density at radius 3 is 2.57 bits per heavy atom. The van der Waals surface area contributed by atoms with Gasteiger partial charge in [0.15, 0.2) is 0 Å². The normalized spacial score (nSPS) is 10.6. The molecule has 0 aliphatic carbocycles. The van der Waals surface area contributed by atoms with Crippen LogP contribution in [0.1, 0.15) is 13.8 Å². The molecule has 5 heteroatoms. The Morgan fingerprint density at radius 1 is 1.36 bits per heavy atom. The smallest absolute Gasteiger partial charge is 0.222 e. The van der Waals surface area contributed by atoms with Crippen LogP contribution in [0.2, 0.25) is 0 Å². The Hall–Kier alpha value is -0.260. The standard InChI is InChI=1S/C9H20N2O2S/c1-8(2)9(12)10-4-6-13-7-5-11-14-3/h8,11H,4-7H2,1-3H3,(H,10,12). The molecule has 14 heavy (non-hydrogen) atoms. The molecule has 0 fully saturated rings. The molecule has 0 spiro atoms. The van der Waals surface area contributed by atoms with E-state index >= 15 is 0 Å². The first kappa shape index (κ1) is 13.7. The fraction of sp³-hybridized carbons (Fsp3) is 0.889. The molecule has 4 nitrogen and oxygen atoms in total. The van der Waals surface area contributed by atoms with Gasteiger partial charge in [-0.2, -0.15) is 0 Å². The molecular weight excluding hydrogens is 200 g/mol. The highest BCUT2D eigenvalue weighted by atomic mass is 32.2. The minimum Gasteiger partial charge on any atom is -0.378 e. The predicted molar refractivity (Wildman–Crippen MR) is 60.2 cm³/mol. The zero-order valence-electron chi connectivity index (χ0n) is 9.13. The van der Waals surface area contributed by atoms with E-state index in [-0.39, 0.29) is 11.8 Å². The first-order valence-electron chi connectivity index (χ1n) is 4.79. The molecule has 0 atom stereocenters. The fourth-order valence-corrected chi connectivity index (χ4v) is 1.06. The lowest BCUT2D eigenvalue weighted by atomic mass is 10.2. The van der Waals surface area contributed by atoms with Crippen molar-refractivity contribution in [1.29, 1.82) is 0 Å². The number of ether oxygens (including phenoxy) is 1. The number of hydrogen-bond acceptors (Lipinski definition) is 4. The molecule has 1 amide bonds.